The Kier molecular flexibility index (Phi) is 12.5. The molecule has 0 aliphatic heterocycles. The zero-order valence-corrected chi connectivity index (χ0v) is 19.8. The first-order valence-corrected chi connectivity index (χ1v) is 11.1. The Morgan fingerprint density at radius 2 is 1.32 bits per heavy atom. The van der Waals surface area contributed by atoms with Crippen LogP contribution in [-0.2, 0) is 35.2 Å². The summed E-state index contributed by atoms with van der Waals surface area (Å²) in [4.78, 5) is 71.4. The highest BCUT2D eigenvalue weighted by atomic mass is 16.4. The average Bonchev–Trinajstić information content (AvgIpc) is 2.83. The van der Waals surface area contributed by atoms with Crippen molar-refractivity contribution >= 4 is 35.6 Å². The van der Waals surface area contributed by atoms with Gasteiger partial charge in [-0.05, 0) is 30.5 Å². The molecule has 4 unspecified atom stereocenters. The van der Waals surface area contributed by atoms with Crippen molar-refractivity contribution in [2.45, 2.75) is 56.3 Å². The van der Waals surface area contributed by atoms with E-state index in [1.54, 1.807) is 0 Å². The predicted molar refractivity (Wildman–Crippen MR) is 126 cm³/mol. The molecule has 0 radical (unpaired) electrons. The molecule has 37 heavy (non-hydrogen) atoms. The third-order valence-electron chi connectivity index (χ3n) is 5.12. The lowest BCUT2D eigenvalue weighted by molar-refractivity contribution is -0.143. The van der Waals surface area contributed by atoms with Gasteiger partial charge in [-0.3, -0.25) is 24.0 Å². The number of benzene rings is 1. The second-order valence-electron chi connectivity index (χ2n) is 8.12. The molecule has 11 N–H and O–H groups in total. The van der Waals surface area contributed by atoms with E-state index in [1.807, 2.05) is 0 Å². The van der Waals surface area contributed by atoms with Crippen molar-refractivity contribution in [1.82, 2.24) is 16.0 Å². The van der Waals surface area contributed by atoms with E-state index >= 15 is 0 Å². The number of aliphatic carboxylic acids is 2. The number of phenols is 1. The van der Waals surface area contributed by atoms with Crippen LogP contribution in [0.4, 0.5) is 0 Å². The van der Waals surface area contributed by atoms with Crippen LogP contribution in [0.2, 0.25) is 0 Å². The van der Waals surface area contributed by atoms with E-state index in [-0.39, 0.29) is 31.4 Å². The minimum atomic E-state index is -1.66. The molecule has 0 aliphatic rings. The summed E-state index contributed by atoms with van der Waals surface area (Å²) in [6, 6.07) is -0.186. The Morgan fingerprint density at radius 3 is 1.84 bits per heavy atom. The van der Waals surface area contributed by atoms with Gasteiger partial charge in [-0.2, -0.15) is 0 Å². The maximum absolute atomic E-state index is 13.0. The summed E-state index contributed by atoms with van der Waals surface area (Å²) >= 11 is 0. The number of carboxylic acids is 2. The molecule has 0 fully saturated rings. The van der Waals surface area contributed by atoms with Crippen molar-refractivity contribution < 1.29 is 49.2 Å². The minimum absolute atomic E-state index is 0.0616. The number of carbonyl (C=O) groups excluding carboxylic acids is 4. The molecule has 4 atom stereocenters. The zero-order valence-electron chi connectivity index (χ0n) is 19.8. The van der Waals surface area contributed by atoms with Crippen molar-refractivity contribution in [2.24, 2.45) is 11.5 Å². The Labute approximate surface area is 211 Å². The maximum Gasteiger partial charge on any atom is 0.328 e. The fourth-order valence-electron chi connectivity index (χ4n) is 3.05. The largest absolute Gasteiger partial charge is 0.508 e. The van der Waals surface area contributed by atoms with Crippen molar-refractivity contribution in [3.8, 4) is 5.75 Å². The van der Waals surface area contributed by atoms with E-state index in [2.05, 4.69) is 16.0 Å². The number of aliphatic hydroxyl groups is 1. The molecule has 0 aromatic heterocycles. The highest BCUT2D eigenvalue weighted by Crippen LogP contribution is 2.12. The molecule has 15 heteroatoms. The summed E-state index contributed by atoms with van der Waals surface area (Å²) in [5.74, 6) is -6.33. The number of hydrogen-bond acceptors (Lipinski definition) is 9. The van der Waals surface area contributed by atoms with E-state index in [0.29, 0.717) is 5.56 Å². The van der Waals surface area contributed by atoms with Gasteiger partial charge in [0.15, 0.2) is 0 Å². The first-order valence-electron chi connectivity index (χ1n) is 11.1. The average molecular weight is 526 g/mol. The topological polar surface area (TPSA) is 271 Å². The van der Waals surface area contributed by atoms with Crippen LogP contribution in [0.5, 0.6) is 5.75 Å². The normalized spacial score (nSPS) is 13.9. The van der Waals surface area contributed by atoms with Gasteiger partial charge in [0.25, 0.3) is 0 Å². The SMILES string of the molecule is NC(=O)CCC(NC(=O)C(N)CCC(=O)O)C(=O)NC(Cc1ccc(O)cc1)C(=O)NC(CO)C(=O)O. The molecule has 0 spiro atoms. The number of nitrogens with two attached hydrogens (primary N) is 2. The lowest BCUT2D eigenvalue weighted by Crippen LogP contribution is -2.58. The second-order valence-corrected chi connectivity index (χ2v) is 8.12. The third kappa shape index (κ3) is 11.4. The fraction of sp³-hybridized carbons (Fsp3) is 0.455. The summed E-state index contributed by atoms with van der Waals surface area (Å²) in [6.07, 6.45) is -1.42. The zero-order chi connectivity index (χ0) is 28.1. The van der Waals surface area contributed by atoms with Crippen LogP contribution in [0.25, 0.3) is 0 Å². The summed E-state index contributed by atoms with van der Waals surface area (Å²) in [5, 5.41) is 43.3. The van der Waals surface area contributed by atoms with Crippen LogP contribution in [0.3, 0.4) is 0 Å². The molecule has 0 bridgehead atoms. The summed E-state index contributed by atoms with van der Waals surface area (Å²) in [6.45, 7) is -0.924. The first kappa shape index (κ1) is 30.8. The van der Waals surface area contributed by atoms with E-state index in [1.165, 1.54) is 24.3 Å². The van der Waals surface area contributed by atoms with Gasteiger partial charge in [-0.1, -0.05) is 12.1 Å². The van der Waals surface area contributed by atoms with Crippen molar-refractivity contribution in [2.75, 3.05) is 6.61 Å². The van der Waals surface area contributed by atoms with E-state index in [0.717, 1.165) is 0 Å². The standard InChI is InChI=1S/C22H31N5O10/c23-13(5-8-18(31)32)19(33)25-14(6-7-17(24)30)20(34)26-15(9-11-1-3-12(29)4-2-11)21(35)27-16(10-28)22(36)37/h1-4,13-16,28-29H,5-10,23H2,(H2,24,30)(H,25,33)(H,26,34)(H,27,35)(H,31,32)(H,36,37). The first-order chi connectivity index (χ1) is 17.3. The Bertz CT molecular complexity index is 985. The predicted octanol–water partition coefficient (Wildman–Crippen LogP) is -3.08. The molecule has 0 aliphatic carbocycles. The highest BCUT2D eigenvalue weighted by Gasteiger charge is 2.30. The third-order valence-corrected chi connectivity index (χ3v) is 5.12. The molecule has 0 heterocycles. The van der Waals surface area contributed by atoms with Crippen molar-refractivity contribution in [1.29, 1.82) is 0 Å². The lowest BCUT2D eigenvalue weighted by Gasteiger charge is -2.25. The van der Waals surface area contributed by atoms with E-state index in [9.17, 15) is 39.0 Å². The maximum atomic E-state index is 13.0. The monoisotopic (exact) mass is 525 g/mol. The van der Waals surface area contributed by atoms with Gasteiger partial charge in [0.2, 0.25) is 23.6 Å². The molecule has 1 aromatic carbocycles. The molecule has 1 aromatic rings. The summed E-state index contributed by atoms with van der Waals surface area (Å²) < 4.78 is 0. The number of hydrogen-bond donors (Lipinski definition) is 9. The number of rotatable bonds is 16. The molecular formula is C22H31N5O10. The van der Waals surface area contributed by atoms with Crippen LogP contribution >= 0.6 is 0 Å². The summed E-state index contributed by atoms with van der Waals surface area (Å²) in [7, 11) is 0. The number of aliphatic hydroxyl groups excluding tert-OH is 1. The lowest BCUT2D eigenvalue weighted by atomic mass is 10.0. The Balaban J connectivity index is 3.12. The van der Waals surface area contributed by atoms with Crippen LogP contribution in [0, 0.1) is 0 Å². The van der Waals surface area contributed by atoms with Gasteiger partial charge >= 0.3 is 11.9 Å². The molecule has 1 rings (SSSR count). The number of amides is 4. The molecule has 0 saturated heterocycles. The van der Waals surface area contributed by atoms with Crippen molar-refractivity contribution in [3.63, 3.8) is 0 Å². The van der Waals surface area contributed by atoms with Crippen LogP contribution in [0.15, 0.2) is 24.3 Å². The number of carbonyl (C=O) groups is 6. The number of carboxylic acid groups (broad SMARTS) is 2. The van der Waals surface area contributed by atoms with Gasteiger partial charge in [-0.15, -0.1) is 0 Å². The Hall–Kier alpha value is -4.24. The molecule has 4 amide bonds. The quantitative estimate of drug-likeness (QED) is 0.104. The van der Waals surface area contributed by atoms with Crippen molar-refractivity contribution in [3.05, 3.63) is 29.8 Å². The number of phenolic OH excluding ortho intramolecular Hbond substituents is 1. The van der Waals surface area contributed by atoms with E-state index in [4.69, 9.17) is 21.7 Å². The number of primary amides is 1. The van der Waals surface area contributed by atoms with Crippen LogP contribution in [0.1, 0.15) is 31.2 Å². The summed E-state index contributed by atoms with van der Waals surface area (Å²) in [5.41, 5.74) is 11.3. The number of nitrogens with one attached hydrogen (secondary N) is 3. The minimum Gasteiger partial charge on any atom is -0.508 e. The molecule has 0 saturated carbocycles. The van der Waals surface area contributed by atoms with Gasteiger partial charge in [-0.25, -0.2) is 4.79 Å². The van der Waals surface area contributed by atoms with Gasteiger partial charge in [0, 0.05) is 19.3 Å². The Morgan fingerprint density at radius 1 is 0.784 bits per heavy atom. The van der Waals surface area contributed by atoms with E-state index < -0.39 is 72.8 Å². The van der Waals surface area contributed by atoms with Crippen LogP contribution in [-0.4, -0.2) is 86.8 Å². The number of aromatic hydroxyl groups is 1. The van der Waals surface area contributed by atoms with Gasteiger partial charge in [0.05, 0.1) is 12.6 Å². The molecule has 204 valence electrons. The smallest absolute Gasteiger partial charge is 0.328 e. The van der Waals surface area contributed by atoms with Gasteiger partial charge < -0.3 is 47.8 Å². The molecule has 15 nitrogen and oxygen atoms in total. The highest BCUT2D eigenvalue weighted by molar-refractivity contribution is 5.94. The van der Waals surface area contributed by atoms with Gasteiger partial charge in [0.1, 0.15) is 23.9 Å². The molecular weight excluding hydrogens is 494 g/mol. The fourth-order valence-corrected chi connectivity index (χ4v) is 3.05. The second kappa shape index (κ2) is 15.0. The van der Waals surface area contributed by atoms with Crippen LogP contribution < -0.4 is 27.4 Å².